The van der Waals surface area contributed by atoms with Gasteiger partial charge in [-0.15, -0.1) is 0 Å². The molecule has 0 spiro atoms. The summed E-state index contributed by atoms with van der Waals surface area (Å²) < 4.78 is 4.74. The first-order valence-corrected chi connectivity index (χ1v) is 15.0. The van der Waals surface area contributed by atoms with Crippen LogP contribution in [0.2, 0.25) is 0 Å². The second kappa shape index (κ2) is 9.82. The number of rotatable bonds is 4. The van der Waals surface area contributed by atoms with Crippen LogP contribution in [0.15, 0.2) is 164 Å². The Bertz CT molecular complexity index is 2470. The summed E-state index contributed by atoms with van der Waals surface area (Å²) in [6, 6.07) is 54.7. The summed E-state index contributed by atoms with van der Waals surface area (Å²) in [5.74, 6) is 0. The van der Waals surface area contributed by atoms with Crippen LogP contribution in [0, 0.1) is 0 Å². The third kappa shape index (κ3) is 3.80. The van der Waals surface area contributed by atoms with Gasteiger partial charge in [0, 0.05) is 45.3 Å². The molecule has 0 amide bonds. The molecule has 3 aromatic heterocycles. The minimum atomic E-state index is 1.12. The Morgan fingerprint density at radius 1 is 0.341 bits per heavy atom. The minimum Gasteiger partial charge on any atom is -0.309 e. The van der Waals surface area contributed by atoms with E-state index < -0.39 is 0 Å². The van der Waals surface area contributed by atoms with Gasteiger partial charge >= 0.3 is 0 Å². The number of hydrogen-bond acceptors (Lipinski definition) is 1. The van der Waals surface area contributed by atoms with E-state index in [9.17, 15) is 0 Å². The lowest BCUT2D eigenvalue weighted by molar-refractivity contribution is 1.18. The van der Waals surface area contributed by atoms with Crippen molar-refractivity contribution in [1.82, 2.24) is 14.1 Å². The van der Waals surface area contributed by atoms with Crippen LogP contribution in [0.5, 0.6) is 0 Å². The van der Waals surface area contributed by atoms with E-state index in [0.29, 0.717) is 0 Å². The van der Waals surface area contributed by atoms with Gasteiger partial charge in [-0.3, -0.25) is 4.98 Å². The van der Waals surface area contributed by atoms with Gasteiger partial charge in [0.25, 0.3) is 0 Å². The molecule has 0 aliphatic rings. The lowest BCUT2D eigenvalue weighted by Gasteiger charge is -2.10. The van der Waals surface area contributed by atoms with Crippen molar-refractivity contribution in [2.75, 3.05) is 0 Å². The van der Waals surface area contributed by atoms with Crippen LogP contribution in [0.25, 0.3) is 77.2 Å². The first-order valence-electron chi connectivity index (χ1n) is 15.0. The molecule has 206 valence electrons. The molecule has 0 radical (unpaired) electrons. The standard InChI is InChI=1S/C41H27N3/c1-2-10-32(11-3-1)43-38-14-6-4-12-34(38)36-25-29(18-22-40(36)43)30-19-23-41-37(26-30)35-13-5-7-15-39(35)44(41)33-20-16-28(17-21-33)31-9-8-24-42-27-31/h1-27H. The maximum Gasteiger partial charge on any atom is 0.0541 e. The summed E-state index contributed by atoms with van der Waals surface area (Å²) in [7, 11) is 0. The van der Waals surface area contributed by atoms with Crippen molar-refractivity contribution in [3.63, 3.8) is 0 Å². The average molecular weight is 562 g/mol. The van der Waals surface area contributed by atoms with Crippen molar-refractivity contribution in [3.05, 3.63) is 164 Å². The normalized spacial score (nSPS) is 11.6. The zero-order chi connectivity index (χ0) is 29.0. The number of pyridine rings is 1. The maximum atomic E-state index is 4.29. The van der Waals surface area contributed by atoms with Crippen LogP contribution >= 0.6 is 0 Å². The number of aromatic nitrogens is 3. The Morgan fingerprint density at radius 3 is 1.41 bits per heavy atom. The molecule has 0 saturated carbocycles. The molecule has 0 unspecified atom stereocenters. The molecule has 3 heterocycles. The molecule has 0 N–H and O–H groups in total. The zero-order valence-corrected chi connectivity index (χ0v) is 23.9. The first-order chi connectivity index (χ1) is 21.8. The third-order valence-electron chi connectivity index (χ3n) is 8.81. The van der Waals surface area contributed by atoms with Gasteiger partial charge in [-0.25, -0.2) is 0 Å². The third-order valence-corrected chi connectivity index (χ3v) is 8.81. The van der Waals surface area contributed by atoms with Crippen molar-refractivity contribution in [1.29, 1.82) is 0 Å². The maximum absolute atomic E-state index is 4.29. The zero-order valence-electron chi connectivity index (χ0n) is 23.9. The van der Waals surface area contributed by atoms with E-state index in [0.717, 1.165) is 16.8 Å². The molecule has 0 aliphatic heterocycles. The Hall–Kier alpha value is -5.93. The average Bonchev–Trinajstić information content (AvgIpc) is 3.61. The minimum absolute atomic E-state index is 1.12. The van der Waals surface area contributed by atoms with Crippen LogP contribution in [0.3, 0.4) is 0 Å². The van der Waals surface area contributed by atoms with Crippen molar-refractivity contribution in [2.24, 2.45) is 0 Å². The van der Waals surface area contributed by atoms with E-state index in [-0.39, 0.29) is 0 Å². The highest BCUT2D eigenvalue weighted by Gasteiger charge is 2.16. The van der Waals surface area contributed by atoms with Gasteiger partial charge in [0.1, 0.15) is 0 Å². The Kier molecular flexibility index (Phi) is 5.50. The highest BCUT2D eigenvalue weighted by atomic mass is 15.0. The molecule has 44 heavy (non-hydrogen) atoms. The lowest BCUT2D eigenvalue weighted by Crippen LogP contribution is -1.94. The summed E-state index contributed by atoms with van der Waals surface area (Å²) in [5, 5.41) is 5.03. The Balaban J connectivity index is 1.20. The van der Waals surface area contributed by atoms with Gasteiger partial charge in [0.05, 0.1) is 22.1 Å². The summed E-state index contributed by atoms with van der Waals surface area (Å²) in [5.41, 5.74) is 11.9. The van der Waals surface area contributed by atoms with Crippen molar-refractivity contribution < 1.29 is 0 Å². The number of fused-ring (bicyclic) bond motifs is 6. The van der Waals surface area contributed by atoms with Gasteiger partial charge in [0.2, 0.25) is 0 Å². The summed E-state index contributed by atoms with van der Waals surface area (Å²) in [6.45, 7) is 0. The van der Waals surface area contributed by atoms with E-state index in [1.165, 1.54) is 60.4 Å². The molecule has 0 aliphatic carbocycles. The molecular formula is C41H27N3. The second-order valence-corrected chi connectivity index (χ2v) is 11.3. The lowest BCUT2D eigenvalue weighted by atomic mass is 10.0. The predicted molar refractivity (Wildman–Crippen MR) is 184 cm³/mol. The molecular weight excluding hydrogens is 534 g/mol. The highest BCUT2D eigenvalue weighted by molar-refractivity contribution is 6.12. The molecule has 3 heteroatoms. The fraction of sp³-hybridized carbons (Fsp3) is 0. The largest absolute Gasteiger partial charge is 0.309 e. The van der Waals surface area contributed by atoms with Crippen LogP contribution in [-0.2, 0) is 0 Å². The van der Waals surface area contributed by atoms with Crippen molar-refractivity contribution in [3.8, 4) is 33.6 Å². The second-order valence-electron chi connectivity index (χ2n) is 11.3. The smallest absolute Gasteiger partial charge is 0.0541 e. The SMILES string of the molecule is c1ccc(-n2c3ccccc3c3cc(-c4ccc5c(c4)c4ccccc4n5-c4ccc(-c5cccnc5)cc4)ccc32)cc1. The topological polar surface area (TPSA) is 22.8 Å². The summed E-state index contributed by atoms with van der Waals surface area (Å²) in [4.78, 5) is 4.29. The van der Waals surface area contributed by atoms with E-state index >= 15 is 0 Å². The fourth-order valence-electron chi connectivity index (χ4n) is 6.77. The van der Waals surface area contributed by atoms with Gasteiger partial charge in [0.15, 0.2) is 0 Å². The molecule has 9 aromatic rings. The molecule has 3 nitrogen and oxygen atoms in total. The van der Waals surface area contributed by atoms with Crippen LogP contribution in [0.4, 0.5) is 0 Å². The summed E-state index contributed by atoms with van der Waals surface area (Å²) in [6.07, 6.45) is 3.72. The molecule has 0 saturated heterocycles. The fourth-order valence-corrected chi connectivity index (χ4v) is 6.77. The predicted octanol–water partition coefficient (Wildman–Crippen LogP) is 10.6. The number of nitrogens with zero attached hydrogens (tertiary/aromatic N) is 3. The van der Waals surface area contributed by atoms with Gasteiger partial charge in [-0.1, -0.05) is 84.9 Å². The monoisotopic (exact) mass is 561 g/mol. The van der Waals surface area contributed by atoms with Crippen LogP contribution in [0.1, 0.15) is 0 Å². The molecule has 9 rings (SSSR count). The van der Waals surface area contributed by atoms with E-state index in [4.69, 9.17) is 0 Å². The Morgan fingerprint density at radius 2 is 0.841 bits per heavy atom. The number of benzene rings is 6. The van der Waals surface area contributed by atoms with E-state index in [1.807, 2.05) is 18.5 Å². The van der Waals surface area contributed by atoms with E-state index in [2.05, 4.69) is 160 Å². The molecule has 6 aromatic carbocycles. The Labute approximate surface area is 254 Å². The molecule has 0 bridgehead atoms. The number of para-hydroxylation sites is 3. The van der Waals surface area contributed by atoms with Gasteiger partial charge < -0.3 is 9.13 Å². The molecule has 0 fully saturated rings. The van der Waals surface area contributed by atoms with Crippen LogP contribution < -0.4 is 0 Å². The van der Waals surface area contributed by atoms with Crippen molar-refractivity contribution >= 4 is 43.6 Å². The van der Waals surface area contributed by atoms with Crippen molar-refractivity contribution in [2.45, 2.75) is 0 Å². The quantitative estimate of drug-likeness (QED) is 0.210. The number of hydrogen-bond donors (Lipinski definition) is 0. The van der Waals surface area contributed by atoms with Crippen LogP contribution in [-0.4, -0.2) is 14.1 Å². The van der Waals surface area contributed by atoms with Gasteiger partial charge in [-0.2, -0.15) is 0 Å². The highest BCUT2D eigenvalue weighted by Crippen LogP contribution is 2.38. The first kappa shape index (κ1) is 24.6. The van der Waals surface area contributed by atoms with E-state index in [1.54, 1.807) is 0 Å². The van der Waals surface area contributed by atoms with Gasteiger partial charge in [-0.05, 0) is 89.0 Å². The molecule has 0 atom stereocenters. The summed E-state index contributed by atoms with van der Waals surface area (Å²) >= 11 is 0.